The molecule has 154 valence electrons. The standard InChI is InChI=1S/C23H27FN2O3/c1-22(2,3)12-26-13-23-8-6-17(29-23)18(19(23)21(26)28)20(27)25-9-7-14-4-5-16(24)10-15(14)11-25/h4-6,8,10,17-19H,7,9,11-13H2,1-3H3/t17-,18-,19-,23-/m0/s1. The second-order valence-electron chi connectivity index (χ2n) is 10.1. The van der Waals surface area contributed by atoms with Gasteiger partial charge in [-0.3, -0.25) is 9.59 Å². The predicted molar refractivity (Wildman–Crippen MR) is 105 cm³/mol. The summed E-state index contributed by atoms with van der Waals surface area (Å²) in [4.78, 5) is 30.4. The number of amides is 2. The maximum Gasteiger partial charge on any atom is 0.230 e. The molecule has 1 spiro atoms. The summed E-state index contributed by atoms with van der Waals surface area (Å²) < 4.78 is 19.9. The molecule has 29 heavy (non-hydrogen) atoms. The molecule has 0 N–H and O–H groups in total. The van der Waals surface area contributed by atoms with Gasteiger partial charge in [-0.25, -0.2) is 4.39 Å². The molecule has 1 aromatic carbocycles. The van der Waals surface area contributed by atoms with Crippen molar-refractivity contribution in [1.82, 2.24) is 9.80 Å². The Hall–Kier alpha value is -2.21. The Morgan fingerprint density at radius 2 is 2.10 bits per heavy atom. The topological polar surface area (TPSA) is 49.9 Å². The largest absolute Gasteiger partial charge is 0.360 e. The maximum atomic E-state index is 13.7. The van der Waals surface area contributed by atoms with Gasteiger partial charge < -0.3 is 14.5 Å². The Labute approximate surface area is 170 Å². The van der Waals surface area contributed by atoms with Gasteiger partial charge in [-0.1, -0.05) is 39.0 Å². The zero-order valence-electron chi connectivity index (χ0n) is 17.2. The van der Waals surface area contributed by atoms with Crippen LogP contribution >= 0.6 is 0 Å². The molecule has 4 aliphatic rings. The molecule has 0 saturated carbocycles. The first-order chi connectivity index (χ1) is 13.7. The Bertz CT molecular complexity index is 921. The van der Waals surface area contributed by atoms with Gasteiger partial charge >= 0.3 is 0 Å². The van der Waals surface area contributed by atoms with E-state index in [0.29, 0.717) is 32.6 Å². The molecule has 0 unspecified atom stereocenters. The molecule has 5 nitrogen and oxygen atoms in total. The highest BCUT2D eigenvalue weighted by atomic mass is 19.1. The van der Waals surface area contributed by atoms with Crippen LogP contribution in [0.1, 0.15) is 31.9 Å². The van der Waals surface area contributed by atoms with Gasteiger partial charge in [-0.15, -0.1) is 0 Å². The van der Waals surface area contributed by atoms with E-state index in [1.54, 1.807) is 11.0 Å². The minimum absolute atomic E-state index is 0.0210. The van der Waals surface area contributed by atoms with Gasteiger partial charge in [0.2, 0.25) is 11.8 Å². The van der Waals surface area contributed by atoms with Crippen LogP contribution in [-0.2, 0) is 27.3 Å². The second kappa shape index (κ2) is 6.14. The third-order valence-electron chi connectivity index (χ3n) is 6.62. The minimum Gasteiger partial charge on any atom is -0.360 e. The summed E-state index contributed by atoms with van der Waals surface area (Å²) in [6.07, 6.45) is 4.30. The van der Waals surface area contributed by atoms with E-state index in [2.05, 4.69) is 20.8 Å². The van der Waals surface area contributed by atoms with E-state index in [9.17, 15) is 14.0 Å². The smallest absolute Gasteiger partial charge is 0.230 e. The molecule has 4 heterocycles. The van der Waals surface area contributed by atoms with Crippen molar-refractivity contribution in [1.29, 1.82) is 0 Å². The van der Waals surface area contributed by atoms with E-state index in [4.69, 9.17) is 4.74 Å². The van der Waals surface area contributed by atoms with Crippen molar-refractivity contribution in [2.45, 2.75) is 45.4 Å². The monoisotopic (exact) mass is 398 g/mol. The normalized spacial score (nSPS) is 32.7. The molecule has 2 amide bonds. The Morgan fingerprint density at radius 1 is 1.31 bits per heavy atom. The summed E-state index contributed by atoms with van der Waals surface area (Å²) in [5.74, 6) is -1.26. The number of fused-ring (bicyclic) bond motifs is 2. The summed E-state index contributed by atoms with van der Waals surface area (Å²) in [5, 5.41) is 0. The Balaban J connectivity index is 1.40. The Morgan fingerprint density at radius 3 is 2.86 bits per heavy atom. The number of likely N-dealkylation sites (tertiary alicyclic amines) is 1. The van der Waals surface area contributed by atoms with Crippen molar-refractivity contribution in [3.8, 4) is 0 Å². The van der Waals surface area contributed by atoms with Crippen LogP contribution < -0.4 is 0 Å². The van der Waals surface area contributed by atoms with Crippen LogP contribution in [-0.4, -0.2) is 53.0 Å². The average molecular weight is 398 g/mol. The second-order valence-corrected chi connectivity index (χ2v) is 10.1. The fraction of sp³-hybridized carbons (Fsp3) is 0.565. The van der Waals surface area contributed by atoms with E-state index in [1.165, 1.54) is 12.1 Å². The van der Waals surface area contributed by atoms with Gasteiger partial charge in [-0.05, 0) is 35.1 Å². The number of nitrogens with zero attached hydrogens (tertiary/aromatic N) is 2. The highest BCUT2D eigenvalue weighted by Gasteiger charge is 2.67. The molecule has 0 aliphatic carbocycles. The molecule has 0 aromatic heterocycles. The van der Waals surface area contributed by atoms with Crippen LogP contribution in [0.15, 0.2) is 30.4 Å². The molecule has 2 saturated heterocycles. The van der Waals surface area contributed by atoms with Crippen molar-refractivity contribution < 1.29 is 18.7 Å². The van der Waals surface area contributed by atoms with Crippen molar-refractivity contribution >= 4 is 11.8 Å². The molecule has 4 aliphatic heterocycles. The molecule has 6 heteroatoms. The van der Waals surface area contributed by atoms with E-state index >= 15 is 0 Å². The van der Waals surface area contributed by atoms with Gasteiger partial charge in [-0.2, -0.15) is 0 Å². The van der Waals surface area contributed by atoms with E-state index in [1.807, 2.05) is 17.1 Å². The van der Waals surface area contributed by atoms with Gasteiger partial charge in [0.1, 0.15) is 11.4 Å². The summed E-state index contributed by atoms with van der Waals surface area (Å²) in [6.45, 7) is 8.44. The summed E-state index contributed by atoms with van der Waals surface area (Å²) in [5.41, 5.74) is 1.25. The van der Waals surface area contributed by atoms with Gasteiger partial charge in [0.25, 0.3) is 0 Å². The highest BCUT2D eigenvalue weighted by molar-refractivity contribution is 5.93. The van der Waals surface area contributed by atoms with Crippen molar-refractivity contribution in [3.63, 3.8) is 0 Å². The average Bonchev–Trinajstić information content (AvgIpc) is 3.27. The number of halogens is 1. The minimum atomic E-state index is -0.673. The zero-order valence-corrected chi connectivity index (χ0v) is 17.2. The molecule has 2 fully saturated rings. The summed E-state index contributed by atoms with van der Waals surface area (Å²) in [6, 6.07) is 4.78. The van der Waals surface area contributed by atoms with Crippen LogP contribution in [0, 0.1) is 23.1 Å². The molecular weight excluding hydrogens is 371 g/mol. The third kappa shape index (κ3) is 2.91. The van der Waals surface area contributed by atoms with Crippen LogP contribution in [0.4, 0.5) is 4.39 Å². The van der Waals surface area contributed by atoms with Crippen LogP contribution in [0.5, 0.6) is 0 Å². The molecule has 5 rings (SSSR count). The number of rotatable bonds is 2. The molecular formula is C23H27FN2O3. The lowest BCUT2D eigenvalue weighted by Gasteiger charge is -2.34. The third-order valence-corrected chi connectivity index (χ3v) is 6.62. The van der Waals surface area contributed by atoms with Gasteiger partial charge in [0.05, 0.1) is 24.5 Å². The number of benzene rings is 1. The highest BCUT2D eigenvalue weighted by Crippen LogP contribution is 2.52. The van der Waals surface area contributed by atoms with Gasteiger partial charge in [0, 0.05) is 19.6 Å². The first-order valence-electron chi connectivity index (χ1n) is 10.4. The lowest BCUT2D eigenvalue weighted by atomic mass is 9.76. The molecule has 2 bridgehead atoms. The van der Waals surface area contributed by atoms with Crippen LogP contribution in [0.2, 0.25) is 0 Å². The first-order valence-corrected chi connectivity index (χ1v) is 10.4. The van der Waals surface area contributed by atoms with Crippen molar-refractivity contribution in [2.75, 3.05) is 19.6 Å². The number of ether oxygens (including phenoxy) is 1. The van der Waals surface area contributed by atoms with E-state index in [0.717, 1.165) is 11.1 Å². The number of hydrogen-bond donors (Lipinski definition) is 0. The molecule has 0 radical (unpaired) electrons. The Kier molecular flexibility index (Phi) is 3.98. The van der Waals surface area contributed by atoms with Crippen LogP contribution in [0.3, 0.4) is 0 Å². The number of carbonyl (C=O) groups excluding carboxylic acids is 2. The van der Waals surface area contributed by atoms with E-state index in [-0.39, 0.29) is 29.2 Å². The predicted octanol–water partition coefficient (Wildman–Crippen LogP) is 2.54. The fourth-order valence-corrected chi connectivity index (χ4v) is 5.49. The quantitative estimate of drug-likeness (QED) is 0.720. The number of hydrogen-bond acceptors (Lipinski definition) is 3. The van der Waals surface area contributed by atoms with Crippen molar-refractivity contribution in [2.24, 2.45) is 17.3 Å². The van der Waals surface area contributed by atoms with Gasteiger partial charge in [0.15, 0.2) is 0 Å². The first kappa shape index (κ1) is 18.8. The number of carbonyl (C=O) groups is 2. The molecule has 4 atom stereocenters. The maximum absolute atomic E-state index is 13.7. The lowest BCUT2D eigenvalue weighted by Crippen LogP contribution is -2.47. The zero-order chi connectivity index (χ0) is 20.6. The van der Waals surface area contributed by atoms with E-state index < -0.39 is 17.4 Å². The summed E-state index contributed by atoms with van der Waals surface area (Å²) >= 11 is 0. The van der Waals surface area contributed by atoms with Crippen molar-refractivity contribution in [3.05, 3.63) is 47.3 Å². The fourth-order valence-electron chi connectivity index (χ4n) is 5.49. The summed E-state index contributed by atoms with van der Waals surface area (Å²) in [7, 11) is 0. The lowest BCUT2D eigenvalue weighted by molar-refractivity contribution is -0.144. The van der Waals surface area contributed by atoms with Crippen LogP contribution in [0.25, 0.3) is 0 Å². The molecule has 1 aromatic rings. The SMILES string of the molecule is CC(C)(C)CN1C[C@]23C=C[C@H](O2)[C@H](C(=O)N2CCc4ccc(F)cc4C2)[C@H]3C1=O.